The Morgan fingerprint density at radius 2 is 2.00 bits per heavy atom. The van der Waals surface area contributed by atoms with Crippen molar-refractivity contribution in [2.45, 2.75) is 51.0 Å². The Hall–Kier alpha value is -1.65. The van der Waals surface area contributed by atoms with E-state index in [1.807, 2.05) is 0 Å². The second kappa shape index (κ2) is 10.5. The molecule has 26 heavy (non-hydrogen) atoms. The maximum atomic E-state index is 12.2. The average Bonchev–Trinajstić information content (AvgIpc) is 3.16. The third-order valence-corrected chi connectivity index (χ3v) is 6.00. The van der Waals surface area contributed by atoms with E-state index >= 15 is 0 Å². The fourth-order valence-electron chi connectivity index (χ4n) is 3.71. The summed E-state index contributed by atoms with van der Waals surface area (Å²) in [7, 11) is 0. The number of aryl methyl sites for hydroxylation is 2. The lowest BCUT2D eigenvalue weighted by atomic mass is 10.0. The first-order valence-corrected chi connectivity index (χ1v) is 10.8. The summed E-state index contributed by atoms with van der Waals surface area (Å²) in [4.78, 5) is 16.1. The second-order valence-electron chi connectivity index (χ2n) is 7.23. The van der Waals surface area contributed by atoms with Crippen LogP contribution in [0, 0.1) is 0 Å². The summed E-state index contributed by atoms with van der Waals surface area (Å²) in [5.41, 5.74) is 1.42. The van der Waals surface area contributed by atoms with E-state index in [1.54, 1.807) is 11.3 Å². The number of thiophene rings is 1. The molecular weight excluding hydrogens is 340 g/mol. The average molecular weight is 371 g/mol. The van der Waals surface area contributed by atoms with Gasteiger partial charge in [-0.3, -0.25) is 4.79 Å². The highest BCUT2D eigenvalue weighted by molar-refractivity contribution is 7.09. The normalized spacial score (nSPS) is 17.9. The molecule has 2 aromatic rings. The van der Waals surface area contributed by atoms with Gasteiger partial charge in [0.25, 0.3) is 0 Å². The molecule has 0 aliphatic carbocycles. The van der Waals surface area contributed by atoms with E-state index in [0.717, 1.165) is 38.8 Å². The molecule has 1 aliphatic heterocycles. The zero-order valence-corrected chi connectivity index (χ0v) is 16.3. The van der Waals surface area contributed by atoms with Crippen molar-refractivity contribution >= 4 is 17.2 Å². The highest BCUT2D eigenvalue weighted by Gasteiger charge is 2.20. The van der Waals surface area contributed by atoms with E-state index in [4.69, 9.17) is 0 Å². The van der Waals surface area contributed by atoms with Crippen molar-refractivity contribution in [1.82, 2.24) is 10.2 Å². The van der Waals surface area contributed by atoms with Gasteiger partial charge >= 0.3 is 0 Å². The van der Waals surface area contributed by atoms with Crippen molar-refractivity contribution in [3.05, 3.63) is 58.3 Å². The Balaban J connectivity index is 1.31. The molecule has 0 saturated carbocycles. The smallest absolute Gasteiger partial charge is 0.220 e. The minimum atomic E-state index is 0.220. The summed E-state index contributed by atoms with van der Waals surface area (Å²) in [6.45, 7) is 3.30. The van der Waals surface area contributed by atoms with Gasteiger partial charge < -0.3 is 10.2 Å². The largest absolute Gasteiger partial charge is 0.352 e. The molecule has 1 aromatic heterocycles. The number of amides is 1. The van der Waals surface area contributed by atoms with Crippen LogP contribution in [0.2, 0.25) is 0 Å². The Labute approximate surface area is 161 Å². The van der Waals surface area contributed by atoms with E-state index in [0.29, 0.717) is 12.5 Å². The Morgan fingerprint density at radius 3 is 2.81 bits per heavy atom. The molecule has 1 N–H and O–H groups in total. The predicted octanol–water partition coefficient (Wildman–Crippen LogP) is 4.28. The summed E-state index contributed by atoms with van der Waals surface area (Å²) < 4.78 is 0. The summed E-state index contributed by atoms with van der Waals surface area (Å²) >= 11 is 1.78. The number of benzene rings is 1. The maximum absolute atomic E-state index is 12.2. The van der Waals surface area contributed by atoms with E-state index < -0.39 is 0 Å². The molecule has 0 bridgehead atoms. The highest BCUT2D eigenvalue weighted by atomic mass is 32.1. The van der Waals surface area contributed by atoms with E-state index in [2.05, 4.69) is 58.1 Å². The second-order valence-corrected chi connectivity index (χ2v) is 8.26. The van der Waals surface area contributed by atoms with E-state index in [1.165, 1.54) is 29.8 Å². The molecule has 1 unspecified atom stereocenters. The van der Waals surface area contributed by atoms with Crippen LogP contribution >= 0.6 is 11.3 Å². The number of nitrogens with zero attached hydrogens (tertiary/aromatic N) is 1. The van der Waals surface area contributed by atoms with Crippen LogP contribution in [0.3, 0.4) is 0 Å². The first-order chi connectivity index (χ1) is 12.8. The highest BCUT2D eigenvalue weighted by Crippen LogP contribution is 2.14. The molecule has 3 nitrogen and oxygen atoms in total. The lowest BCUT2D eigenvalue weighted by Gasteiger charge is -2.33. The molecule has 1 saturated heterocycles. The molecule has 0 radical (unpaired) electrons. The predicted molar refractivity (Wildman–Crippen MR) is 110 cm³/mol. The monoisotopic (exact) mass is 370 g/mol. The number of hydrogen-bond acceptors (Lipinski definition) is 3. The van der Waals surface area contributed by atoms with Crippen LogP contribution in [-0.4, -0.2) is 36.5 Å². The summed E-state index contributed by atoms with van der Waals surface area (Å²) in [5.74, 6) is 0.220. The Morgan fingerprint density at radius 1 is 1.12 bits per heavy atom. The van der Waals surface area contributed by atoms with Gasteiger partial charge in [0.15, 0.2) is 0 Å². The first kappa shape index (κ1) is 19.1. The van der Waals surface area contributed by atoms with Gasteiger partial charge in [-0.1, -0.05) is 36.4 Å². The Bertz CT molecular complexity index is 641. The van der Waals surface area contributed by atoms with Gasteiger partial charge in [0, 0.05) is 23.9 Å². The molecule has 1 atom stereocenters. The standard InChI is InChI=1S/C22H30N2OS/c25-22(14-4-12-21-13-7-17-26-21)23-20-11-6-16-24(18-20)15-5-10-19-8-2-1-3-9-19/h1-3,7-9,13,17,20H,4-6,10-12,14-16,18H2,(H,23,25). The Kier molecular flexibility index (Phi) is 7.71. The molecule has 1 aliphatic rings. The first-order valence-electron chi connectivity index (χ1n) is 9.87. The maximum Gasteiger partial charge on any atom is 0.220 e. The van der Waals surface area contributed by atoms with E-state index in [9.17, 15) is 4.79 Å². The topological polar surface area (TPSA) is 32.3 Å². The number of piperidine rings is 1. The van der Waals surface area contributed by atoms with Gasteiger partial charge in [0.2, 0.25) is 5.91 Å². The summed E-state index contributed by atoms with van der Waals surface area (Å²) in [5, 5.41) is 5.36. The van der Waals surface area contributed by atoms with Crippen molar-refractivity contribution in [1.29, 1.82) is 0 Å². The third-order valence-electron chi connectivity index (χ3n) is 5.06. The molecule has 4 heteroatoms. The van der Waals surface area contributed by atoms with Crippen molar-refractivity contribution in [2.75, 3.05) is 19.6 Å². The van der Waals surface area contributed by atoms with Gasteiger partial charge in [-0.15, -0.1) is 11.3 Å². The number of hydrogen-bond donors (Lipinski definition) is 1. The van der Waals surface area contributed by atoms with Crippen molar-refractivity contribution in [3.8, 4) is 0 Å². The summed E-state index contributed by atoms with van der Waals surface area (Å²) in [6, 6.07) is 15.3. The molecule has 1 fully saturated rings. The van der Waals surface area contributed by atoms with Crippen LogP contribution in [0.15, 0.2) is 47.8 Å². The number of rotatable bonds is 9. The van der Waals surface area contributed by atoms with Crippen LogP contribution < -0.4 is 5.32 Å². The summed E-state index contributed by atoms with van der Waals surface area (Å²) in [6.07, 6.45) is 7.23. The number of carbonyl (C=O) groups is 1. The molecular formula is C22H30N2OS. The van der Waals surface area contributed by atoms with Crippen molar-refractivity contribution in [3.63, 3.8) is 0 Å². The number of carbonyl (C=O) groups excluding carboxylic acids is 1. The fourth-order valence-corrected chi connectivity index (χ4v) is 4.46. The molecule has 140 valence electrons. The van der Waals surface area contributed by atoms with Gasteiger partial charge in [-0.05, 0) is 68.6 Å². The molecule has 3 rings (SSSR count). The zero-order valence-electron chi connectivity index (χ0n) is 15.5. The third kappa shape index (κ3) is 6.58. The van der Waals surface area contributed by atoms with Gasteiger partial charge in [-0.25, -0.2) is 0 Å². The van der Waals surface area contributed by atoms with E-state index in [-0.39, 0.29) is 5.91 Å². The van der Waals surface area contributed by atoms with Crippen LogP contribution in [-0.2, 0) is 17.6 Å². The minimum absolute atomic E-state index is 0.220. The zero-order chi connectivity index (χ0) is 18.0. The quantitative estimate of drug-likeness (QED) is 0.714. The fraction of sp³-hybridized carbons (Fsp3) is 0.500. The number of likely N-dealkylation sites (tertiary alicyclic amines) is 1. The van der Waals surface area contributed by atoms with Gasteiger partial charge in [0.1, 0.15) is 0 Å². The molecule has 2 heterocycles. The van der Waals surface area contributed by atoms with Gasteiger partial charge in [0.05, 0.1) is 0 Å². The van der Waals surface area contributed by atoms with Crippen LogP contribution in [0.1, 0.15) is 42.5 Å². The SMILES string of the molecule is O=C(CCCc1cccs1)NC1CCCN(CCCc2ccccc2)C1. The van der Waals surface area contributed by atoms with Crippen LogP contribution in [0.4, 0.5) is 0 Å². The lowest BCUT2D eigenvalue weighted by Crippen LogP contribution is -2.47. The van der Waals surface area contributed by atoms with Gasteiger partial charge in [-0.2, -0.15) is 0 Å². The van der Waals surface area contributed by atoms with Crippen LogP contribution in [0.5, 0.6) is 0 Å². The van der Waals surface area contributed by atoms with Crippen molar-refractivity contribution < 1.29 is 4.79 Å². The molecule has 0 spiro atoms. The minimum Gasteiger partial charge on any atom is -0.352 e. The molecule has 1 aromatic carbocycles. The molecule has 1 amide bonds. The van der Waals surface area contributed by atoms with Crippen molar-refractivity contribution in [2.24, 2.45) is 0 Å². The lowest BCUT2D eigenvalue weighted by molar-refractivity contribution is -0.122. The number of nitrogens with one attached hydrogen (secondary N) is 1. The van der Waals surface area contributed by atoms with Crippen LogP contribution in [0.25, 0.3) is 0 Å².